The molecule has 106 valence electrons. The molecule has 0 N–H and O–H groups in total. The van der Waals surface area contributed by atoms with Crippen LogP contribution in [0, 0.1) is 0 Å². The average Bonchev–Trinajstić information content (AvgIpc) is 2.54. The Labute approximate surface area is 121 Å². The number of ether oxygens (including phenoxy) is 2. The third kappa shape index (κ3) is 4.01. The Balaban J connectivity index is 2.01. The van der Waals surface area contributed by atoms with E-state index >= 15 is 0 Å². The number of aromatic nitrogens is 1. The van der Waals surface area contributed by atoms with Crippen molar-refractivity contribution >= 4 is 11.9 Å². The number of benzene rings is 1. The molecule has 0 saturated carbocycles. The highest BCUT2D eigenvalue weighted by Gasteiger charge is 2.10. The fourth-order valence-corrected chi connectivity index (χ4v) is 1.53. The zero-order valence-electron chi connectivity index (χ0n) is 11.2. The smallest absolute Gasteiger partial charge is 0.345 e. The van der Waals surface area contributed by atoms with Gasteiger partial charge in [-0.05, 0) is 36.4 Å². The summed E-state index contributed by atoms with van der Waals surface area (Å²) in [6, 6.07) is 9.36. The van der Waals surface area contributed by atoms with Gasteiger partial charge in [0.25, 0.3) is 0 Å². The minimum Gasteiger partial charge on any atom is -0.458 e. The van der Waals surface area contributed by atoms with E-state index in [4.69, 9.17) is 9.47 Å². The molecule has 0 bridgehead atoms. The molecule has 0 unspecified atom stereocenters. The Kier molecular flexibility index (Phi) is 4.82. The summed E-state index contributed by atoms with van der Waals surface area (Å²) in [5, 5.41) is 0. The lowest BCUT2D eigenvalue weighted by atomic mass is 10.2. The second-order valence-corrected chi connectivity index (χ2v) is 4.04. The Morgan fingerprint density at radius 3 is 2.48 bits per heavy atom. The predicted octanol–water partition coefficient (Wildman–Crippen LogP) is 2.64. The molecule has 0 spiro atoms. The van der Waals surface area contributed by atoms with Crippen LogP contribution in [0.5, 0.6) is 5.75 Å². The number of carbonyl (C=O) groups is 2. The Morgan fingerprint density at radius 2 is 1.86 bits per heavy atom. The van der Waals surface area contributed by atoms with Crippen molar-refractivity contribution in [3.05, 3.63) is 72.6 Å². The molecule has 5 heteroatoms. The lowest BCUT2D eigenvalue weighted by Crippen LogP contribution is -2.09. The van der Waals surface area contributed by atoms with E-state index in [1.54, 1.807) is 18.3 Å². The van der Waals surface area contributed by atoms with Crippen molar-refractivity contribution in [1.29, 1.82) is 0 Å². The summed E-state index contributed by atoms with van der Waals surface area (Å²) in [6.07, 6.45) is 4.48. The van der Waals surface area contributed by atoms with E-state index < -0.39 is 11.9 Å². The first kappa shape index (κ1) is 14.5. The van der Waals surface area contributed by atoms with Gasteiger partial charge in [-0.15, -0.1) is 0 Å². The molecule has 0 fully saturated rings. The second-order valence-electron chi connectivity index (χ2n) is 4.04. The highest BCUT2D eigenvalue weighted by atomic mass is 16.5. The summed E-state index contributed by atoms with van der Waals surface area (Å²) in [5.74, 6) is -0.630. The Morgan fingerprint density at radius 1 is 1.10 bits per heavy atom. The molecule has 1 aromatic carbocycles. The van der Waals surface area contributed by atoms with Gasteiger partial charge in [-0.1, -0.05) is 12.7 Å². The molecule has 0 aliphatic carbocycles. The van der Waals surface area contributed by atoms with Crippen LogP contribution in [0.25, 0.3) is 0 Å². The number of nitrogens with zero attached hydrogens (tertiary/aromatic N) is 1. The molecule has 0 aliphatic heterocycles. The number of esters is 2. The average molecular weight is 283 g/mol. The molecule has 0 atom stereocenters. The normalized spacial score (nSPS) is 9.71. The molecule has 2 aromatic rings. The highest BCUT2D eigenvalue weighted by Crippen LogP contribution is 2.14. The van der Waals surface area contributed by atoms with Crippen LogP contribution in [0.1, 0.15) is 20.7 Å². The molecule has 21 heavy (non-hydrogen) atoms. The SMILES string of the molecule is C=CCOC(=O)c1ccc(OC(=O)c2cccnc2)cc1. The van der Waals surface area contributed by atoms with Crippen LogP contribution in [0.3, 0.4) is 0 Å². The van der Waals surface area contributed by atoms with Gasteiger partial charge in [0.05, 0.1) is 11.1 Å². The zero-order chi connectivity index (χ0) is 15.1. The van der Waals surface area contributed by atoms with Crippen molar-refractivity contribution in [2.45, 2.75) is 0 Å². The maximum atomic E-state index is 11.8. The van der Waals surface area contributed by atoms with Crippen molar-refractivity contribution in [3.8, 4) is 5.75 Å². The van der Waals surface area contributed by atoms with E-state index in [0.717, 1.165) is 0 Å². The minimum absolute atomic E-state index is 0.149. The van der Waals surface area contributed by atoms with Crippen LogP contribution in [-0.4, -0.2) is 23.5 Å². The molecular formula is C16H13NO4. The van der Waals surface area contributed by atoms with Crippen LogP contribution in [0.4, 0.5) is 0 Å². The predicted molar refractivity (Wildman–Crippen MR) is 76.1 cm³/mol. The quantitative estimate of drug-likeness (QED) is 0.479. The summed E-state index contributed by atoms with van der Waals surface area (Å²) in [5.41, 5.74) is 0.727. The van der Waals surface area contributed by atoms with Crippen molar-refractivity contribution in [2.24, 2.45) is 0 Å². The molecule has 1 heterocycles. The van der Waals surface area contributed by atoms with Gasteiger partial charge in [0, 0.05) is 12.4 Å². The van der Waals surface area contributed by atoms with Gasteiger partial charge in [0.15, 0.2) is 0 Å². The lowest BCUT2D eigenvalue weighted by molar-refractivity contribution is 0.0549. The van der Waals surface area contributed by atoms with Crippen molar-refractivity contribution < 1.29 is 19.1 Å². The summed E-state index contributed by atoms with van der Waals surface area (Å²) < 4.78 is 10.1. The molecule has 0 amide bonds. The fraction of sp³-hybridized carbons (Fsp3) is 0.0625. The van der Waals surface area contributed by atoms with Crippen LogP contribution in [0.2, 0.25) is 0 Å². The van der Waals surface area contributed by atoms with Crippen molar-refractivity contribution in [1.82, 2.24) is 4.98 Å². The van der Waals surface area contributed by atoms with E-state index in [1.165, 1.54) is 36.5 Å². The van der Waals surface area contributed by atoms with E-state index in [9.17, 15) is 9.59 Å². The summed E-state index contributed by atoms with van der Waals surface area (Å²) in [6.45, 7) is 3.61. The third-order valence-electron chi connectivity index (χ3n) is 2.53. The first-order chi connectivity index (χ1) is 10.2. The van der Waals surface area contributed by atoms with E-state index in [2.05, 4.69) is 11.6 Å². The maximum absolute atomic E-state index is 11.8. The second kappa shape index (κ2) is 7.00. The van der Waals surface area contributed by atoms with Gasteiger partial charge in [0.1, 0.15) is 12.4 Å². The van der Waals surface area contributed by atoms with Crippen LogP contribution < -0.4 is 4.74 Å². The van der Waals surface area contributed by atoms with Gasteiger partial charge in [-0.3, -0.25) is 4.98 Å². The lowest BCUT2D eigenvalue weighted by Gasteiger charge is -2.05. The van der Waals surface area contributed by atoms with Gasteiger partial charge in [-0.2, -0.15) is 0 Å². The number of pyridine rings is 1. The molecular weight excluding hydrogens is 270 g/mol. The fourth-order valence-electron chi connectivity index (χ4n) is 1.53. The standard InChI is InChI=1S/C16H13NO4/c1-2-10-20-15(18)12-5-7-14(8-6-12)21-16(19)13-4-3-9-17-11-13/h2-9,11H,1,10H2. The number of carbonyl (C=O) groups excluding carboxylic acids is 2. The van der Waals surface area contributed by atoms with Crippen molar-refractivity contribution in [2.75, 3.05) is 6.61 Å². The first-order valence-corrected chi connectivity index (χ1v) is 6.21. The third-order valence-corrected chi connectivity index (χ3v) is 2.53. The number of hydrogen-bond donors (Lipinski definition) is 0. The molecule has 2 rings (SSSR count). The summed E-state index contributed by atoms with van der Waals surface area (Å²) in [7, 11) is 0. The van der Waals surface area contributed by atoms with E-state index in [0.29, 0.717) is 16.9 Å². The van der Waals surface area contributed by atoms with Crippen molar-refractivity contribution in [3.63, 3.8) is 0 Å². The van der Waals surface area contributed by atoms with Gasteiger partial charge in [-0.25, -0.2) is 9.59 Å². The van der Waals surface area contributed by atoms with Gasteiger partial charge >= 0.3 is 11.9 Å². The van der Waals surface area contributed by atoms with Gasteiger partial charge in [0.2, 0.25) is 0 Å². The molecule has 5 nitrogen and oxygen atoms in total. The highest BCUT2D eigenvalue weighted by molar-refractivity contribution is 5.91. The number of hydrogen-bond acceptors (Lipinski definition) is 5. The van der Waals surface area contributed by atoms with Crippen LogP contribution >= 0.6 is 0 Å². The van der Waals surface area contributed by atoms with E-state index in [-0.39, 0.29) is 6.61 Å². The van der Waals surface area contributed by atoms with Crippen LogP contribution in [0.15, 0.2) is 61.4 Å². The maximum Gasteiger partial charge on any atom is 0.345 e. The van der Waals surface area contributed by atoms with Crippen LogP contribution in [-0.2, 0) is 4.74 Å². The molecule has 1 aromatic heterocycles. The van der Waals surface area contributed by atoms with Gasteiger partial charge < -0.3 is 9.47 Å². The minimum atomic E-state index is -0.509. The zero-order valence-corrected chi connectivity index (χ0v) is 11.2. The molecule has 0 aliphatic rings. The van der Waals surface area contributed by atoms with E-state index in [1.807, 2.05) is 0 Å². The topological polar surface area (TPSA) is 65.5 Å². The molecule has 0 saturated heterocycles. The first-order valence-electron chi connectivity index (χ1n) is 6.21. The molecule has 0 radical (unpaired) electrons. The Hall–Kier alpha value is -2.95. The largest absolute Gasteiger partial charge is 0.458 e. The summed E-state index contributed by atoms with van der Waals surface area (Å²) >= 11 is 0. The number of rotatable bonds is 5. The monoisotopic (exact) mass is 283 g/mol. The summed E-state index contributed by atoms with van der Waals surface area (Å²) in [4.78, 5) is 27.2. The Bertz CT molecular complexity index is 635.